The Hall–Kier alpha value is -2.93. The minimum Gasteiger partial charge on any atom is -0.338 e. The molecule has 4 rings (SSSR count). The van der Waals surface area contributed by atoms with Gasteiger partial charge in [0.05, 0.1) is 21.8 Å². The summed E-state index contributed by atoms with van der Waals surface area (Å²) in [6.07, 6.45) is 1.74. The first-order valence-electron chi connectivity index (χ1n) is 9.65. The Morgan fingerprint density at radius 2 is 1.86 bits per heavy atom. The zero-order valence-electron chi connectivity index (χ0n) is 16.6. The van der Waals surface area contributed by atoms with E-state index in [0.717, 1.165) is 24.1 Å². The van der Waals surface area contributed by atoms with Gasteiger partial charge in [-0.25, -0.2) is 4.98 Å². The van der Waals surface area contributed by atoms with E-state index in [1.54, 1.807) is 4.57 Å². The van der Waals surface area contributed by atoms with Crippen LogP contribution >= 0.6 is 11.8 Å². The van der Waals surface area contributed by atoms with Gasteiger partial charge in [-0.3, -0.25) is 9.36 Å². The van der Waals surface area contributed by atoms with Gasteiger partial charge in [-0.15, -0.1) is 0 Å². The monoisotopic (exact) mass is 406 g/mol. The smallest absolute Gasteiger partial charge is 0.266 e. The van der Waals surface area contributed by atoms with Crippen LogP contribution in [0, 0.1) is 6.92 Å². The maximum Gasteiger partial charge on any atom is 0.266 e. The van der Waals surface area contributed by atoms with Crippen molar-refractivity contribution in [1.82, 2.24) is 19.7 Å². The summed E-state index contributed by atoms with van der Waals surface area (Å²) in [5.74, 6) is 1.25. The predicted molar refractivity (Wildman–Crippen MR) is 115 cm³/mol. The molecule has 1 unspecified atom stereocenters. The van der Waals surface area contributed by atoms with Crippen LogP contribution in [-0.2, 0) is 6.42 Å². The lowest BCUT2D eigenvalue weighted by molar-refractivity contribution is 0.374. The highest BCUT2D eigenvalue weighted by molar-refractivity contribution is 7.99. The summed E-state index contributed by atoms with van der Waals surface area (Å²) < 4.78 is 7.12. The van der Waals surface area contributed by atoms with Crippen molar-refractivity contribution in [3.63, 3.8) is 0 Å². The van der Waals surface area contributed by atoms with Crippen LogP contribution in [0.25, 0.3) is 16.6 Å². The summed E-state index contributed by atoms with van der Waals surface area (Å²) in [5.41, 5.74) is 2.41. The van der Waals surface area contributed by atoms with E-state index in [2.05, 4.69) is 17.1 Å². The van der Waals surface area contributed by atoms with Gasteiger partial charge < -0.3 is 4.52 Å². The Bertz CT molecular complexity index is 1210. The van der Waals surface area contributed by atoms with Crippen molar-refractivity contribution in [1.29, 1.82) is 0 Å². The van der Waals surface area contributed by atoms with Gasteiger partial charge in [-0.05, 0) is 44.0 Å². The summed E-state index contributed by atoms with van der Waals surface area (Å²) in [7, 11) is 0. The zero-order chi connectivity index (χ0) is 20.4. The molecule has 6 nitrogen and oxygen atoms in total. The normalized spacial score (nSPS) is 12.4. The predicted octanol–water partition coefficient (Wildman–Crippen LogP) is 4.88. The van der Waals surface area contributed by atoms with Gasteiger partial charge in [-0.1, -0.05) is 54.2 Å². The quantitative estimate of drug-likeness (QED) is 0.335. The highest BCUT2D eigenvalue weighted by Crippen LogP contribution is 2.34. The second-order valence-corrected chi connectivity index (χ2v) is 8.21. The Kier molecular flexibility index (Phi) is 5.49. The van der Waals surface area contributed by atoms with Crippen LogP contribution in [-0.4, -0.2) is 19.7 Å². The molecule has 0 saturated carbocycles. The number of rotatable bonds is 6. The van der Waals surface area contributed by atoms with Gasteiger partial charge in [0.1, 0.15) is 0 Å². The van der Waals surface area contributed by atoms with E-state index >= 15 is 0 Å². The van der Waals surface area contributed by atoms with E-state index in [-0.39, 0.29) is 10.8 Å². The summed E-state index contributed by atoms with van der Waals surface area (Å²) in [5, 5.41) is 5.10. The fourth-order valence-electron chi connectivity index (χ4n) is 3.18. The number of nitrogens with zero attached hydrogens (tertiary/aromatic N) is 4. The molecule has 1 atom stereocenters. The Morgan fingerprint density at radius 3 is 2.66 bits per heavy atom. The van der Waals surface area contributed by atoms with Crippen LogP contribution in [0.5, 0.6) is 0 Å². The lowest BCUT2D eigenvalue weighted by Gasteiger charge is -2.16. The van der Waals surface area contributed by atoms with Gasteiger partial charge >= 0.3 is 0 Å². The Balaban J connectivity index is 1.83. The van der Waals surface area contributed by atoms with Crippen LogP contribution in [0.3, 0.4) is 0 Å². The van der Waals surface area contributed by atoms with Gasteiger partial charge in [-0.2, -0.15) is 4.98 Å². The number of benzene rings is 2. The van der Waals surface area contributed by atoms with Crippen molar-refractivity contribution in [3.05, 3.63) is 76.2 Å². The van der Waals surface area contributed by atoms with E-state index in [0.29, 0.717) is 27.8 Å². The third kappa shape index (κ3) is 3.82. The Morgan fingerprint density at radius 1 is 1.10 bits per heavy atom. The van der Waals surface area contributed by atoms with Crippen LogP contribution < -0.4 is 5.56 Å². The molecular formula is C22H22N4O2S. The van der Waals surface area contributed by atoms with E-state index in [1.807, 2.05) is 62.4 Å². The van der Waals surface area contributed by atoms with Crippen molar-refractivity contribution in [3.8, 4) is 5.69 Å². The van der Waals surface area contributed by atoms with E-state index in [1.165, 1.54) is 11.8 Å². The van der Waals surface area contributed by atoms with Crippen LogP contribution in [0.1, 0.15) is 42.8 Å². The second kappa shape index (κ2) is 8.21. The molecule has 7 heteroatoms. The van der Waals surface area contributed by atoms with Crippen LogP contribution in [0.15, 0.2) is 63.0 Å². The maximum atomic E-state index is 13.4. The molecule has 0 radical (unpaired) electrons. The standard InChI is InChI=1S/C22H22N4O2S/c1-4-9-19-24-20(28-25-19)15(3)29-22-23-17-12-7-6-11-16(17)21(27)26(22)18-13-8-5-10-14(18)2/h5-8,10-13,15H,4,9H2,1-3H3. The number of para-hydroxylation sites is 2. The molecule has 0 spiro atoms. The van der Waals surface area contributed by atoms with Crippen LogP contribution in [0.2, 0.25) is 0 Å². The molecule has 0 aliphatic carbocycles. The van der Waals surface area contributed by atoms with Crippen molar-refractivity contribution in [2.45, 2.75) is 44.0 Å². The number of fused-ring (bicyclic) bond motifs is 1. The molecule has 29 heavy (non-hydrogen) atoms. The lowest BCUT2D eigenvalue weighted by atomic mass is 10.2. The number of aromatic nitrogens is 4. The summed E-state index contributed by atoms with van der Waals surface area (Å²) in [4.78, 5) is 22.7. The van der Waals surface area contributed by atoms with E-state index in [9.17, 15) is 4.79 Å². The number of thioether (sulfide) groups is 1. The highest BCUT2D eigenvalue weighted by Gasteiger charge is 2.21. The average molecular weight is 407 g/mol. The average Bonchev–Trinajstić information content (AvgIpc) is 3.18. The molecule has 2 aromatic carbocycles. The molecule has 0 N–H and O–H groups in total. The molecule has 0 aliphatic rings. The van der Waals surface area contributed by atoms with Gasteiger partial charge in [0, 0.05) is 6.42 Å². The Labute approximate surface area is 173 Å². The van der Waals surface area contributed by atoms with E-state index < -0.39 is 0 Å². The highest BCUT2D eigenvalue weighted by atomic mass is 32.2. The van der Waals surface area contributed by atoms with E-state index in [4.69, 9.17) is 9.51 Å². The first-order valence-corrected chi connectivity index (χ1v) is 10.5. The molecular weight excluding hydrogens is 384 g/mol. The minimum absolute atomic E-state index is 0.0863. The molecule has 0 amide bonds. The maximum absolute atomic E-state index is 13.4. The lowest BCUT2D eigenvalue weighted by Crippen LogP contribution is -2.22. The second-order valence-electron chi connectivity index (χ2n) is 6.90. The van der Waals surface area contributed by atoms with Gasteiger partial charge in [0.25, 0.3) is 5.56 Å². The summed E-state index contributed by atoms with van der Waals surface area (Å²) >= 11 is 1.44. The molecule has 0 saturated heterocycles. The summed E-state index contributed by atoms with van der Waals surface area (Å²) in [6, 6.07) is 15.2. The topological polar surface area (TPSA) is 73.8 Å². The van der Waals surface area contributed by atoms with Crippen molar-refractivity contribution in [2.75, 3.05) is 0 Å². The van der Waals surface area contributed by atoms with Crippen molar-refractivity contribution >= 4 is 22.7 Å². The number of aryl methyl sites for hydroxylation is 2. The van der Waals surface area contributed by atoms with Crippen molar-refractivity contribution in [2.24, 2.45) is 0 Å². The first-order chi connectivity index (χ1) is 14.1. The van der Waals surface area contributed by atoms with Crippen LogP contribution in [0.4, 0.5) is 0 Å². The molecule has 0 fully saturated rings. The molecule has 4 aromatic rings. The molecule has 148 valence electrons. The molecule has 2 aromatic heterocycles. The third-order valence-corrected chi connectivity index (χ3v) is 5.73. The fourth-order valence-corrected chi connectivity index (χ4v) is 4.13. The molecule has 0 bridgehead atoms. The first kappa shape index (κ1) is 19.4. The largest absolute Gasteiger partial charge is 0.338 e. The zero-order valence-corrected chi connectivity index (χ0v) is 17.4. The fraction of sp³-hybridized carbons (Fsp3) is 0.273. The number of hydrogen-bond donors (Lipinski definition) is 0. The van der Waals surface area contributed by atoms with Gasteiger partial charge in [0.2, 0.25) is 5.89 Å². The molecule has 2 heterocycles. The molecule has 0 aliphatic heterocycles. The third-order valence-electron chi connectivity index (χ3n) is 4.69. The summed E-state index contributed by atoms with van der Waals surface area (Å²) in [6.45, 7) is 6.05. The SMILES string of the molecule is CCCc1noc(C(C)Sc2nc3ccccc3c(=O)n2-c2ccccc2C)n1. The minimum atomic E-state index is -0.142. The van der Waals surface area contributed by atoms with Crippen molar-refractivity contribution < 1.29 is 4.52 Å². The van der Waals surface area contributed by atoms with Gasteiger partial charge in [0.15, 0.2) is 11.0 Å². The number of hydrogen-bond acceptors (Lipinski definition) is 6.